The minimum absolute atomic E-state index is 0.0170. The van der Waals surface area contributed by atoms with Crippen molar-refractivity contribution in [3.63, 3.8) is 0 Å². The number of carbonyl (C=O) groups excluding carboxylic acids is 3. The number of piperazine rings is 1. The van der Waals surface area contributed by atoms with Crippen LogP contribution in [0.15, 0.2) is 18.3 Å². The summed E-state index contributed by atoms with van der Waals surface area (Å²) in [5.74, 6) is -0.277. The molecular formula is C16H22N4O4. The van der Waals surface area contributed by atoms with Crippen LogP contribution in [0, 0.1) is 0 Å². The summed E-state index contributed by atoms with van der Waals surface area (Å²) >= 11 is 0. The summed E-state index contributed by atoms with van der Waals surface area (Å²) in [6, 6.07) is 3.24. The maximum atomic E-state index is 12.4. The van der Waals surface area contributed by atoms with E-state index in [-0.39, 0.29) is 36.9 Å². The van der Waals surface area contributed by atoms with Crippen molar-refractivity contribution in [3.8, 4) is 5.88 Å². The molecule has 8 nitrogen and oxygen atoms in total. The average Bonchev–Trinajstić information content (AvgIpc) is 2.55. The Labute approximate surface area is 140 Å². The Morgan fingerprint density at radius 3 is 2.62 bits per heavy atom. The SMILES string of the molecule is COc1ccc(C(=O)N2CCN(CC(=O)NC(C)C)C(=O)C2)cn1. The normalized spacial score (nSPS) is 14.8. The number of nitrogens with zero attached hydrogens (tertiary/aromatic N) is 3. The molecule has 0 saturated carbocycles. The summed E-state index contributed by atoms with van der Waals surface area (Å²) in [6.45, 7) is 4.41. The van der Waals surface area contributed by atoms with Crippen LogP contribution >= 0.6 is 0 Å². The van der Waals surface area contributed by atoms with Gasteiger partial charge in [-0.1, -0.05) is 0 Å². The van der Waals surface area contributed by atoms with Gasteiger partial charge in [0.15, 0.2) is 0 Å². The molecule has 0 spiro atoms. The zero-order chi connectivity index (χ0) is 17.7. The molecule has 1 N–H and O–H groups in total. The van der Waals surface area contributed by atoms with Gasteiger partial charge in [0.1, 0.15) is 6.54 Å². The Morgan fingerprint density at radius 2 is 2.08 bits per heavy atom. The molecule has 1 fully saturated rings. The van der Waals surface area contributed by atoms with Gasteiger partial charge >= 0.3 is 0 Å². The molecule has 24 heavy (non-hydrogen) atoms. The van der Waals surface area contributed by atoms with Crippen LogP contribution in [0.4, 0.5) is 0 Å². The molecule has 3 amide bonds. The Bertz CT molecular complexity index is 615. The van der Waals surface area contributed by atoms with E-state index in [1.165, 1.54) is 23.1 Å². The van der Waals surface area contributed by atoms with Crippen molar-refractivity contribution in [2.24, 2.45) is 0 Å². The fourth-order valence-corrected chi connectivity index (χ4v) is 2.40. The first kappa shape index (κ1) is 17.7. The quantitative estimate of drug-likeness (QED) is 0.812. The van der Waals surface area contributed by atoms with Crippen LogP contribution in [0.25, 0.3) is 0 Å². The van der Waals surface area contributed by atoms with Gasteiger partial charge in [0.2, 0.25) is 17.7 Å². The van der Waals surface area contributed by atoms with E-state index in [0.29, 0.717) is 24.5 Å². The standard InChI is InChI=1S/C16H22N4O4/c1-11(2)18-13(21)9-19-6-7-20(10-15(19)22)16(23)12-4-5-14(24-3)17-8-12/h4-5,8,11H,6-7,9-10H2,1-3H3,(H,18,21). The monoisotopic (exact) mass is 334 g/mol. The second-order valence-electron chi connectivity index (χ2n) is 5.85. The first-order valence-corrected chi connectivity index (χ1v) is 7.77. The summed E-state index contributed by atoms with van der Waals surface area (Å²) in [6.07, 6.45) is 1.42. The maximum absolute atomic E-state index is 12.4. The number of rotatable bonds is 5. The molecule has 8 heteroatoms. The molecule has 0 aromatic carbocycles. The number of ether oxygens (including phenoxy) is 1. The van der Waals surface area contributed by atoms with Crippen LogP contribution in [-0.4, -0.2) is 71.8 Å². The van der Waals surface area contributed by atoms with Gasteiger partial charge in [-0.2, -0.15) is 0 Å². The fourth-order valence-electron chi connectivity index (χ4n) is 2.40. The zero-order valence-corrected chi connectivity index (χ0v) is 14.1. The van der Waals surface area contributed by atoms with Crippen molar-refractivity contribution in [1.82, 2.24) is 20.1 Å². The van der Waals surface area contributed by atoms with Gasteiger partial charge in [-0.15, -0.1) is 0 Å². The third kappa shape index (κ3) is 4.43. The molecule has 1 aromatic rings. The van der Waals surface area contributed by atoms with E-state index in [2.05, 4.69) is 10.3 Å². The summed E-state index contributed by atoms with van der Waals surface area (Å²) in [5, 5.41) is 2.75. The largest absolute Gasteiger partial charge is 0.481 e. The fraction of sp³-hybridized carbons (Fsp3) is 0.500. The van der Waals surface area contributed by atoms with E-state index >= 15 is 0 Å². The molecule has 0 radical (unpaired) electrons. The highest BCUT2D eigenvalue weighted by Crippen LogP contribution is 2.12. The molecule has 1 saturated heterocycles. The highest BCUT2D eigenvalue weighted by Gasteiger charge is 2.29. The van der Waals surface area contributed by atoms with E-state index in [1.54, 1.807) is 12.1 Å². The van der Waals surface area contributed by atoms with E-state index in [4.69, 9.17) is 4.74 Å². The first-order chi connectivity index (χ1) is 11.4. The summed E-state index contributed by atoms with van der Waals surface area (Å²) < 4.78 is 4.96. The Balaban J connectivity index is 1.93. The van der Waals surface area contributed by atoms with Gasteiger partial charge < -0.3 is 19.9 Å². The lowest BCUT2D eigenvalue weighted by Crippen LogP contribution is -2.54. The second kappa shape index (κ2) is 7.76. The summed E-state index contributed by atoms with van der Waals surface area (Å²) in [4.78, 5) is 43.3. The molecule has 1 aliphatic rings. The zero-order valence-electron chi connectivity index (χ0n) is 14.1. The molecule has 2 heterocycles. The minimum atomic E-state index is -0.259. The summed E-state index contributed by atoms with van der Waals surface area (Å²) in [7, 11) is 1.50. The van der Waals surface area contributed by atoms with Crippen LogP contribution in [0.3, 0.4) is 0 Å². The molecule has 0 atom stereocenters. The number of hydrogen-bond donors (Lipinski definition) is 1. The number of methoxy groups -OCH3 is 1. The highest BCUT2D eigenvalue weighted by molar-refractivity contribution is 5.97. The van der Waals surface area contributed by atoms with Crippen molar-refractivity contribution < 1.29 is 19.1 Å². The molecular weight excluding hydrogens is 312 g/mol. The topological polar surface area (TPSA) is 91.8 Å². The number of carbonyl (C=O) groups is 3. The predicted octanol–water partition coefficient (Wildman–Crippen LogP) is -0.101. The first-order valence-electron chi connectivity index (χ1n) is 7.77. The number of amides is 3. The lowest BCUT2D eigenvalue weighted by molar-refractivity contribution is -0.139. The molecule has 130 valence electrons. The third-order valence-corrected chi connectivity index (χ3v) is 3.58. The number of hydrogen-bond acceptors (Lipinski definition) is 5. The van der Waals surface area contributed by atoms with Gasteiger partial charge in [0.25, 0.3) is 5.91 Å². The van der Waals surface area contributed by atoms with Crippen LogP contribution < -0.4 is 10.1 Å². The predicted molar refractivity (Wildman–Crippen MR) is 86.6 cm³/mol. The van der Waals surface area contributed by atoms with Crippen molar-refractivity contribution >= 4 is 17.7 Å². The van der Waals surface area contributed by atoms with Crippen LogP contribution in [0.1, 0.15) is 24.2 Å². The number of nitrogens with one attached hydrogen (secondary N) is 1. The lowest BCUT2D eigenvalue weighted by atomic mass is 10.2. The smallest absolute Gasteiger partial charge is 0.255 e. The van der Waals surface area contributed by atoms with Crippen molar-refractivity contribution in [2.75, 3.05) is 33.3 Å². The van der Waals surface area contributed by atoms with Crippen molar-refractivity contribution in [3.05, 3.63) is 23.9 Å². The maximum Gasteiger partial charge on any atom is 0.255 e. The minimum Gasteiger partial charge on any atom is -0.481 e. The van der Waals surface area contributed by atoms with E-state index in [0.717, 1.165) is 0 Å². The van der Waals surface area contributed by atoms with E-state index < -0.39 is 0 Å². The molecule has 0 aliphatic carbocycles. The van der Waals surface area contributed by atoms with E-state index in [9.17, 15) is 14.4 Å². The van der Waals surface area contributed by atoms with Gasteiger partial charge in [-0.25, -0.2) is 4.98 Å². The molecule has 1 aromatic heterocycles. The molecule has 0 unspecified atom stereocenters. The van der Waals surface area contributed by atoms with Gasteiger partial charge in [-0.3, -0.25) is 14.4 Å². The van der Waals surface area contributed by atoms with Crippen LogP contribution in [0.2, 0.25) is 0 Å². The summed E-state index contributed by atoms with van der Waals surface area (Å²) in [5.41, 5.74) is 0.398. The Hall–Kier alpha value is -2.64. The lowest BCUT2D eigenvalue weighted by Gasteiger charge is -2.34. The van der Waals surface area contributed by atoms with Gasteiger partial charge in [0, 0.05) is 31.4 Å². The Morgan fingerprint density at radius 1 is 1.33 bits per heavy atom. The van der Waals surface area contributed by atoms with Crippen molar-refractivity contribution in [2.45, 2.75) is 19.9 Å². The molecule has 0 bridgehead atoms. The molecule has 1 aliphatic heterocycles. The van der Waals surface area contributed by atoms with Gasteiger partial charge in [-0.05, 0) is 19.9 Å². The Kier molecular flexibility index (Phi) is 5.73. The van der Waals surface area contributed by atoms with Crippen LogP contribution in [0.5, 0.6) is 5.88 Å². The van der Waals surface area contributed by atoms with Crippen LogP contribution in [-0.2, 0) is 9.59 Å². The highest BCUT2D eigenvalue weighted by atomic mass is 16.5. The van der Waals surface area contributed by atoms with E-state index in [1.807, 2.05) is 13.8 Å². The van der Waals surface area contributed by atoms with Gasteiger partial charge in [0.05, 0.1) is 19.2 Å². The van der Waals surface area contributed by atoms with Crippen molar-refractivity contribution in [1.29, 1.82) is 0 Å². The molecule has 2 rings (SSSR count). The third-order valence-electron chi connectivity index (χ3n) is 3.58. The second-order valence-corrected chi connectivity index (χ2v) is 5.85. The average molecular weight is 334 g/mol. The number of aromatic nitrogens is 1. The number of pyridine rings is 1.